The first-order valence-corrected chi connectivity index (χ1v) is 8.29. The van der Waals surface area contributed by atoms with Crippen LogP contribution in [-0.4, -0.2) is 47.9 Å². The average Bonchev–Trinajstić information content (AvgIpc) is 3.14. The zero-order valence-corrected chi connectivity index (χ0v) is 13.4. The molecule has 2 aromatic rings. The van der Waals surface area contributed by atoms with E-state index in [4.69, 9.17) is 9.47 Å². The lowest BCUT2D eigenvalue weighted by atomic mass is 10.0. The lowest BCUT2D eigenvalue weighted by Gasteiger charge is -2.37. The number of hydrogen-bond donors (Lipinski definition) is 1. The minimum Gasteiger partial charge on any atom is -0.358 e. The number of carbonyl (C=O) groups excluding carboxylic acids is 1. The summed E-state index contributed by atoms with van der Waals surface area (Å²) in [5, 5.41) is 1.15. The molecular weight excluding hydrogens is 292 g/mol. The molecule has 0 saturated carbocycles. The van der Waals surface area contributed by atoms with Crippen LogP contribution in [0.25, 0.3) is 10.9 Å². The summed E-state index contributed by atoms with van der Waals surface area (Å²) in [7, 11) is 0. The van der Waals surface area contributed by atoms with Gasteiger partial charge in [0, 0.05) is 42.5 Å². The van der Waals surface area contributed by atoms with Crippen LogP contribution in [-0.2, 0) is 20.7 Å². The number of nitrogens with zero attached hydrogens (tertiary/aromatic N) is 1. The number of aryl methyl sites for hydroxylation is 1. The summed E-state index contributed by atoms with van der Waals surface area (Å²) >= 11 is 0. The quantitative estimate of drug-likeness (QED) is 0.926. The average molecular weight is 314 g/mol. The molecule has 0 atom stereocenters. The Hall–Kier alpha value is -1.85. The first-order valence-electron chi connectivity index (χ1n) is 8.29. The Kier molecular flexibility index (Phi) is 3.62. The number of nitrogens with one attached hydrogen (secondary N) is 1. The number of piperidine rings is 1. The molecule has 1 aromatic heterocycles. The normalized spacial score (nSPS) is 20.5. The molecule has 2 fully saturated rings. The highest BCUT2D eigenvalue weighted by atomic mass is 16.7. The molecule has 23 heavy (non-hydrogen) atoms. The van der Waals surface area contributed by atoms with Gasteiger partial charge in [-0.15, -0.1) is 0 Å². The monoisotopic (exact) mass is 314 g/mol. The van der Waals surface area contributed by atoms with Crippen LogP contribution < -0.4 is 0 Å². The number of aromatic nitrogens is 1. The summed E-state index contributed by atoms with van der Waals surface area (Å²) in [4.78, 5) is 18.0. The summed E-state index contributed by atoms with van der Waals surface area (Å²) in [6, 6.07) is 8.15. The van der Waals surface area contributed by atoms with Gasteiger partial charge in [-0.1, -0.05) is 18.2 Å². The van der Waals surface area contributed by atoms with Crippen LogP contribution in [0.1, 0.15) is 24.1 Å². The maximum absolute atomic E-state index is 12.7. The Balaban J connectivity index is 1.46. The lowest BCUT2D eigenvalue weighted by Crippen LogP contribution is -2.47. The third-order valence-corrected chi connectivity index (χ3v) is 5.05. The van der Waals surface area contributed by atoms with Gasteiger partial charge in [0.15, 0.2) is 5.79 Å². The number of aromatic amines is 1. The van der Waals surface area contributed by atoms with Crippen molar-refractivity contribution in [2.45, 2.75) is 32.0 Å². The zero-order valence-electron chi connectivity index (χ0n) is 13.4. The number of hydrogen-bond acceptors (Lipinski definition) is 3. The minimum absolute atomic E-state index is 0.186. The van der Waals surface area contributed by atoms with Crippen LogP contribution in [0.2, 0.25) is 0 Å². The summed E-state index contributed by atoms with van der Waals surface area (Å²) in [5.74, 6) is -0.237. The molecule has 1 aromatic carbocycles. The molecule has 2 aliphatic heterocycles. The predicted octanol–water partition coefficient (Wildman–Crippen LogP) is 2.38. The van der Waals surface area contributed by atoms with E-state index in [0.717, 1.165) is 35.0 Å². The fourth-order valence-electron chi connectivity index (χ4n) is 3.71. The maximum atomic E-state index is 12.7. The van der Waals surface area contributed by atoms with Gasteiger partial charge in [-0.3, -0.25) is 4.79 Å². The molecule has 0 aliphatic carbocycles. The lowest BCUT2D eigenvalue weighted by molar-refractivity contribution is -0.187. The van der Waals surface area contributed by atoms with E-state index in [1.165, 1.54) is 0 Å². The largest absolute Gasteiger partial charge is 0.358 e. The molecule has 3 heterocycles. The molecule has 2 aliphatic rings. The fourth-order valence-corrected chi connectivity index (χ4v) is 3.71. The van der Waals surface area contributed by atoms with Gasteiger partial charge in [0.25, 0.3) is 0 Å². The van der Waals surface area contributed by atoms with Crippen molar-refractivity contribution in [2.75, 3.05) is 26.3 Å². The number of H-pyrrole nitrogens is 1. The van der Waals surface area contributed by atoms with E-state index in [0.29, 0.717) is 32.7 Å². The van der Waals surface area contributed by atoms with Crippen molar-refractivity contribution in [3.63, 3.8) is 0 Å². The zero-order chi connectivity index (χ0) is 15.9. The molecule has 5 heteroatoms. The molecule has 0 radical (unpaired) electrons. The number of rotatable bonds is 2. The third-order valence-electron chi connectivity index (χ3n) is 5.05. The summed E-state index contributed by atoms with van der Waals surface area (Å²) in [5.41, 5.74) is 3.29. The van der Waals surface area contributed by atoms with Crippen LogP contribution in [0.5, 0.6) is 0 Å². The van der Waals surface area contributed by atoms with Crippen molar-refractivity contribution in [1.82, 2.24) is 9.88 Å². The van der Waals surface area contributed by atoms with Crippen LogP contribution in [0.15, 0.2) is 24.3 Å². The van der Waals surface area contributed by atoms with Gasteiger partial charge in [0.1, 0.15) is 0 Å². The van der Waals surface area contributed by atoms with Crippen LogP contribution in [0, 0.1) is 6.92 Å². The Morgan fingerprint density at radius 3 is 2.65 bits per heavy atom. The molecule has 1 spiro atoms. The maximum Gasteiger partial charge on any atom is 0.227 e. The van der Waals surface area contributed by atoms with Gasteiger partial charge >= 0.3 is 0 Å². The summed E-state index contributed by atoms with van der Waals surface area (Å²) in [6.45, 7) is 4.79. The summed E-state index contributed by atoms with van der Waals surface area (Å²) in [6.07, 6.45) is 1.99. The van der Waals surface area contributed by atoms with Gasteiger partial charge < -0.3 is 19.4 Å². The highest BCUT2D eigenvalue weighted by Gasteiger charge is 2.40. The van der Waals surface area contributed by atoms with Crippen LogP contribution in [0.4, 0.5) is 0 Å². The first-order chi connectivity index (χ1) is 11.2. The van der Waals surface area contributed by atoms with E-state index in [2.05, 4.69) is 17.1 Å². The minimum atomic E-state index is -0.423. The second kappa shape index (κ2) is 5.65. The van der Waals surface area contributed by atoms with E-state index in [-0.39, 0.29) is 5.91 Å². The molecular formula is C18H22N2O3. The SMILES string of the molecule is Cc1[nH]c2ccccc2c1CC(=O)N1CCC2(CC1)OCCO2. The molecule has 5 nitrogen and oxygen atoms in total. The highest BCUT2D eigenvalue weighted by molar-refractivity contribution is 5.90. The number of fused-ring (bicyclic) bond motifs is 1. The van der Waals surface area contributed by atoms with E-state index >= 15 is 0 Å². The molecule has 0 bridgehead atoms. The molecule has 4 rings (SSSR count). The molecule has 122 valence electrons. The van der Waals surface area contributed by atoms with Crippen LogP contribution >= 0.6 is 0 Å². The van der Waals surface area contributed by atoms with Crippen molar-refractivity contribution in [1.29, 1.82) is 0 Å². The van der Waals surface area contributed by atoms with Crippen molar-refractivity contribution in [3.8, 4) is 0 Å². The van der Waals surface area contributed by atoms with E-state index < -0.39 is 5.79 Å². The van der Waals surface area contributed by atoms with E-state index in [1.807, 2.05) is 24.0 Å². The Morgan fingerprint density at radius 1 is 1.22 bits per heavy atom. The topological polar surface area (TPSA) is 54.6 Å². The smallest absolute Gasteiger partial charge is 0.227 e. The number of benzene rings is 1. The number of para-hydroxylation sites is 1. The third kappa shape index (κ3) is 2.64. The van der Waals surface area contributed by atoms with Crippen molar-refractivity contribution >= 4 is 16.8 Å². The second-order valence-corrected chi connectivity index (χ2v) is 6.44. The molecule has 1 amide bonds. The molecule has 0 unspecified atom stereocenters. The fraction of sp³-hybridized carbons (Fsp3) is 0.500. The number of ether oxygens (including phenoxy) is 2. The Bertz CT molecular complexity index is 721. The second-order valence-electron chi connectivity index (χ2n) is 6.44. The Morgan fingerprint density at radius 2 is 1.91 bits per heavy atom. The van der Waals surface area contributed by atoms with Crippen molar-refractivity contribution in [2.24, 2.45) is 0 Å². The number of amides is 1. The van der Waals surface area contributed by atoms with Gasteiger partial charge in [0.2, 0.25) is 5.91 Å². The standard InChI is InChI=1S/C18H22N2O3/c1-13-15(14-4-2-3-5-16(14)19-13)12-17(21)20-8-6-18(7-9-20)22-10-11-23-18/h2-5,19H,6-12H2,1H3. The van der Waals surface area contributed by atoms with Crippen molar-refractivity contribution < 1.29 is 14.3 Å². The van der Waals surface area contributed by atoms with Gasteiger partial charge in [0.05, 0.1) is 19.6 Å². The number of likely N-dealkylation sites (tertiary alicyclic amines) is 1. The first kappa shape index (κ1) is 14.7. The molecule has 1 N–H and O–H groups in total. The van der Waals surface area contributed by atoms with Gasteiger partial charge in [-0.2, -0.15) is 0 Å². The van der Waals surface area contributed by atoms with Gasteiger partial charge in [-0.25, -0.2) is 0 Å². The Labute approximate surface area is 135 Å². The molecule has 2 saturated heterocycles. The predicted molar refractivity (Wildman–Crippen MR) is 87.2 cm³/mol. The highest BCUT2D eigenvalue weighted by Crippen LogP contribution is 2.31. The number of carbonyl (C=O) groups is 1. The van der Waals surface area contributed by atoms with Crippen LogP contribution in [0.3, 0.4) is 0 Å². The summed E-state index contributed by atoms with van der Waals surface area (Å²) < 4.78 is 11.5. The van der Waals surface area contributed by atoms with E-state index in [1.54, 1.807) is 0 Å². The van der Waals surface area contributed by atoms with Crippen molar-refractivity contribution in [3.05, 3.63) is 35.5 Å². The van der Waals surface area contributed by atoms with E-state index in [9.17, 15) is 4.79 Å². The van der Waals surface area contributed by atoms with Gasteiger partial charge in [-0.05, 0) is 18.6 Å².